The molecule has 1 aromatic heterocycles. The summed E-state index contributed by atoms with van der Waals surface area (Å²) in [5.74, 6) is -3.75. The lowest BCUT2D eigenvalue weighted by atomic mass is 10.1. The van der Waals surface area contributed by atoms with E-state index < -0.39 is 41.3 Å². The lowest BCUT2D eigenvalue weighted by Gasteiger charge is -2.14. The molecule has 3 atom stereocenters. The minimum absolute atomic E-state index is 0.307. The van der Waals surface area contributed by atoms with Crippen molar-refractivity contribution >= 4 is 5.97 Å². The van der Waals surface area contributed by atoms with E-state index in [4.69, 9.17) is 9.47 Å². The van der Waals surface area contributed by atoms with Crippen molar-refractivity contribution < 1.29 is 31.8 Å². The zero-order valence-electron chi connectivity index (χ0n) is 16.6. The number of alkyl halides is 3. The summed E-state index contributed by atoms with van der Waals surface area (Å²) in [5.41, 5.74) is -0.408. The molecule has 4 nitrogen and oxygen atoms in total. The highest BCUT2D eigenvalue weighted by Crippen LogP contribution is 2.60. The maximum atomic E-state index is 13.3. The molecule has 0 radical (unpaired) electrons. The summed E-state index contributed by atoms with van der Waals surface area (Å²) >= 11 is 0. The van der Waals surface area contributed by atoms with Gasteiger partial charge in [-0.25, -0.2) is 9.37 Å². The molecule has 0 saturated heterocycles. The number of carbonyl (C=O) groups excluding carboxylic acids is 1. The number of aromatic nitrogens is 1. The van der Waals surface area contributed by atoms with Crippen molar-refractivity contribution in [3.63, 3.8) is 0 Å². The van der Waals surface area contributed by atoms with Crippen LogP contribution in [-0.4, -0.2) is 17.1 Å². The van der Waals surface area contributed by atoms with Gasteiger partial charge in [0.05, 0.1) is 11.6 Å². The molecule has 1 unspecified atom stereocenters. The van der Waals surface area contributed by atoms with Crippen molar-refractivity contribution in [3.8, 4) is 11.6 Å². The van der Waals surface area contributed by atoms with Gasteiger partial charge in [0.1, 0.15) is 11.9 Å². The number of esters is 1. The van der Waals surface area contributed by atoms with Crippen LogP contribution >= 0.6 is 0 Å². The molecule has 2 aromatic rings. The Bertz CT molecular complexity index is 941. The fraction of sp³-hybridized carbons (Fsp3) is 0.364. The number of allylic oxidation sites excluding steroid dienone is 2. The molecule has 1 aliphatic rings. The Balaban J connectivity index is 1.67. The van der Waals surface area contributed by atoms with Gasteiger partial charge in [0.2, 0.25) is 5.88 Å². The third-order valence-electron chi connectivity index (χ3n) is 5.18. The van der Waals surface area contributed by atoms with E-state index in [0.29, 0.717) is 23.4 Å². The van der Waals surface area contributed by atoms with Crippen molar-refractivity contribution in [1.29, 1.82) is 0 Å². The van der Waals surface area contributed by atoms with Crippen molar-refractivity contribution in [2.75, 3.05) is 0 Å². The Labute approximate surface area is 171 Å². The number of carbonyl (C=O) groups is 1. The molecule has 3 rings (SSSR count). The lowest BCUT2D eigenvalue weighted by molar-refractivity contribution is -0.151. The summed E-state index contributed by atoms with van der Waals surface area (Å²) in [6, 6.07) is 14.0. The van der Waals surface area contributed by atoms with Gasteiger partial charge in [-0.3, -0.25) is 4.79 Å². The highest BCUT2D eigenvalue weighted by atomic mass is 19.4. The summed E-state index contributed by atoms with van der Waals surface area (Å²) in [4.78, 5) is 16.8. The van der Waals surface area contributed by atoms with Gasteiger partial charge in [-0.2, -0.15) is 13.2 Å². The number of ether oxygens (including phenoxy) is 2. The smallest absolute Gasteiger partial charge is 0.442 e. The van der Waals surface area contributed by atoms with E-state index >= 15 is 0 Å². The summed E-state index contributed by atoms with van der Waals surface area (Å²) in [5, 5.41) is 0. The second-order valence-electron chi connectivity index (χ2n) is 7.73. The minimum Gasteiger partial charge on any atom is -0.456 e. The average molecular weight is 423 g/mol. The van der Waals surface area contributed by atoms with E-state index in [2.05, 4.69) is 4.98 Å². The number of hydrogen-bond donors (Lipinski definition) is 0. The molecule has 1 aliphatic carbocycles. The lowest BCUT2D eigenvalue weighted by Crippen LogP contribution is -2.14. The predicted molar refractivity (Wildman–Crippen MR) is 101 cm³/mol. The maximum Gasteiger partial charge on any atom is 0.442 e. The Morgan fingerprint density at radius 1 is 1.13 bits per heavy atom. The predicted octanol–water partition coefficient (Wildman–Crippen LogP) is 6.17. The molecule has 160 valence electrons. The molecule has 0 bridgehead atoms. The van der Waals surface area contributed by atoms with E-state index in [1.54, 1.807) is 51.1 Å². The maximum absolute atomic E-state index is 13.3. The normalized spacial score (nSPS) is 21.6. The van der Waals surface area contributed by atoms with E-state index in [1.165, 1.54) is 0 Å². The molecule has 30 heavy (non-hydrogen) atoms. The Kier molecular flexibility index (Phi) is 5.87. The second-order valence-corrected chi connectivity index (χ2v) is 7.73. The van der Waals surface area contributed by atoms with Gasteiger partial charge in [-0.1, -0.05) is 38.1 Å². The van der Waals surface area contributed by atoms with E-state index in [-0.39, 0.29) is 0 Å². The molecular formula is C22H21F4NO3. The summed E-state index contributed by atoms with van der Waals surface area (Å²) in [6.07, 6.45) is -5.36. The van der Waals surface area contributed by atoms with Gasteiger partial charge < -0.3 is 9.47 Å². The van der Waals surface area contributed by atoms with Gasteiger partial charge in [0.15, 0.2) is 5.83 Å². The summed E-state index contributed by atoms with van der Waals surface area (Å²) < 4.78 is 61.7. The first-order chi connectivity index (χ1) is 14.0. The third-order valence-corrected chi connectivity index (χ3v) is 5.18. The first-order valence-electron chi connectivity index (χ1n) is 9.35. The number of benzene rings is 1. The number of nitrogens with zero attached hydrogens (tertiary/aromatic N) is 1. The molecule has 1 fully saturated rings. The van der Waals surface area contributed by atoms with Crippen LogP contribution in [0.2, 0.25) is 0 Å². The highest BCUT2D eigenvalue weighted by molar-refractivity contribution is 5.78. The minimum atomic E-state index is -5.07. The first kappa shape index (κ1) is 21.8. The van der Waals surface area contributed by atoms with Crippen molar-refractivity contribution in [3.05, 3.63) is 66.1 Å². The number of hydrogen-bond acceptors (Lipinski definition) is 4. The van der Waals surface area contributed by atoms with Crippen LogP contribution in [0, 0.1) is 17.3 Å². The second kappa shape index (κ2) is 8.08. The Morgan fingerprint density at radius 2 is 1.80 bits per heavy atom. The molecule has 0 N–H and O–H groups in total. The van der Waals surface area contributed by atoms with Crippen LogP contribution in [0.15, 0.2) is 60.4 Å². The fourth-order valence-electron chi connectivity index (χ4n) is 3.32. The first-order valence-corrected chi connectivity index (χ1v) is 9.35. The van der Waals surface area contributed by atoms with Crippen LogP contribution in [0.4, 0.5) is 17.6 Å². The molecular weight excluding hydrogens is 402 g/mol. The Morgan fingerprint density at radius 3 is 2.43 bits per heavy atom. The van der Waals surface area contributed by atoms with Crippen molar-refractivity contribution in [1.82, 2.24) is 4.98 Å². The van der Waals surface area contributed by atoms with Gasteiger partial charge in [-0.15, -0.1) is 0 Å². The quantitative estimate of drug-likeness (QED) is 0.412. The number of rotatable bonds is 6. The van der Waals surface area contributed by atoms with Gasteiger partial charge in [-0.05, 0) is 42.5 Å². The van der Waals surface area contributed by atoms with Crippen molar-refractivity contribution in [2.45, 2.75) is 33.1 Å². The van der Waals surface area contributed by atoms with E-state index in [9.17, 15) is 22.4 Å². The van der Waals surface area contributed by atoms with Crippen LogP contribution in [0.25, 0.3) is 0 Å². The molecule has 1 aromatic carbocycles. The average Bonchev–Trinajstić information content (AvgIpc) is 3.22. The Hall–Kier alpha value is -2.90. The molecule has 1 saturated carbocycles. The molecule has 1 heterocycles. The van der Waals surface area contributed by atoms with Gasteiger partial charge in [0.25, 0.3) is 0 Å². The van der Waals surface area contributed by atoms with E-state index in [0.717, 1.165) is 0 Å². The molecule has 0 aliphatic heterocycles. The van der Waals surface area contributed by atoms with Gasteiger partial charge in [0, 0.05) is 6.07 Å². The SMILES string of the molecule is CC(OC(=O)[C@H]1[C@@H](C=C(F)C(F)(F)F)C1(C)C)c1cccc(Oc2ccccc2)n1. The van der Waals surface area contributed by atoms with Crippen LogP contribution in [0.1, 0.15) is 32.6 Å². The van der Waals surface area contributed by atoms with E-state index in [1.807, 2.05) is 18.2 Å². The molecule has 8 heteroatoms. The number of halogens is 4. The number of para-hydroxylation sites is 1. The largest absolute Gasteiger partial charge is 0.456 e. The topological polar surface area (TPSA) is 48.4 Å². The number of pyridine rings is 1. The zero-order chi connectivity index (χ0) is 22.1. The van der Waals surface area contributed by atoms with Crippen molar-refractivity contribution in [2.24, 2.45) is 17.3 Å². The third kappa shape index (κ3) is 4.80. The summed E-state index contributed by atoms with van der Waals surface area (Å²) in [6.45, 7) is 4.80. The monoisotopic (exact) mass is 423 g/mol. The zero-order valence-corrected chi connectivity index (χ0v) is 16.6. The molecule has 0 amide bonds. The van der Waals surface area contributed by atoms with Crippen LogP contribution < -0.4 is 4.74 Å². The van der Waals surface area contributed by atoms with Gasteiger partial charge >= 0.3 is 12.1 Å². The fourth-order valence-corrected chi connectivity index (χ4v) is 3.32. The molecule has 0 spiro atoms. The summed E-state index contributed by atoms with van der Waals surface area (Å²) in [7, 11) is 0. The standard InChI is InChI=1S/C22H21F4NO3/c1-13(16-10-7-11-18(27-16)30-14-8-5-4-6-9-14)29-20(28)19-15(21(19,2)3)12-17(23)22(24,25)26/h4-13,15,19H,1-3H3/t13?,15-,19-/m1/s1. The van der Waals surface area contributed by atoms with Crippen LogP contribution in [-0.2, 0) is 9.53 Å². The van der Waals surface area contributed by atoms with Crippen LogP contribution in [0.5, 0.6) is 11.6 Å². The highest BCUT2D eigenvalue weighted by Gasteiger charge is 2.62. The van der Waals surface area contributed by atoms with Crippen LogP contribution in [0.3, 0.4) is 0 Å².